The largest absolute Gasteiger partial charge is 0.349 e. The van der Waals surface area contributed by atoms with E-state index >= 15 is 0 Å². The van der Waals surface area contributed by atoms with E-state index < -0.39 is 0 Å². The number of nitrogens with one attached hydrogen (secondary N) is 1. The molecule has 18 heavy (non-hydrogen) atoms. The summed E-state index contributed by atoms with van der Waals surface area (Å²) in [5.74, 6) is 0.294. The molecule has 0 atom stereocenters. The average molecular weight is 244 g/mol. The summed E-state index contributed by atoms with van der Waals surface area (Å²) >= 11 is 0. The fourth-order valence-corrected chi connectivity index (χ4v) is 3.09. The molecule has 0 bridgehead atoms. The lowest BCUT2D eigenvalue weighted by Gasteiger charge is -2.42. The first kappa shape index (κ1) is 11.7. The highest BCUT2D eigenvalue weighted by atomic mass is 16.2. The molecule has 1 fully saturated rings. The molecule has 1 aromatic carbocycles. The minimum Gasteiger partial charge on any atom is -0.349 e. The molecule has 0 heterocycles. The molecule has 0 spiro atoms. The topological polar surface area (TPSA) is 55.1 Å². The highest BCUT2D eigenvalue weighted by Crippen LogP contribution is 2.32. The Kier molecular flexibility index (Phi) is 2.86. The van der Waals surface area contributed by atoms with Crippen LogP contribution in [-0.2, 0) is 17.6 Å². The highest BCUT2D eigenvalue weighted by molar-refractivity contribution is 5.81. The molecule has 0 saturated heterocycles. The maximum absolute atomic E-state index is 12.3. The summed E-state index contributed by atoms with van der Waals surface area (Å²) in [6, 6.07) is 8.36. The van der Waals surface area contributed by atoms with E-state index in [2.05, 4.69) is 17.4 Å². The van der Waals surface area contributed by atoms with E-state index in [4.69, 9.17) is 5.73 Å². The third-order valence-corrected chi connectivity index (χ3v) is 4.51. The summed E-state index contributed by atoms with van der Waals surface area (Å²) in [5, 5.41) is 3.19. The van der Waals surface area contributed by atoms with Crippen LogP contribution in [-0.4, -0.2) is 18.0 Å². The molecule has 3 nitrogen and oxygen atoms in total. The van der Waals surface area contributed by atoms with Gasteiger partial charge < -0.3 is 11.1 Å². The van der Waals surface area contributed by atoms with Crippen molar-refractivity contribution in [3.05, 3.63) is 35.4 Å². The van der Waals surface area contributed by atoms with E-state index in [9.17, 15) is 4.79 Å². The number of rotatable bonds is 3. The monoisotopic (exact) mass is 244 g/mol. The molecule has 0 aromatic heterocycles. The molecular weight excluding hydrogens is 224 g/mol. The first-order valence-corrected chi connectivity index (χ1v) is 6.81. The van der Waals surface area contributed by atoms with E-state index in [1.54, 1.807) is 0 Å². The van der Waals surface area contributed by atoms with Crippen molar-refractivity contribution in [3.63, 3.8) is 0 Å². The predicted molar refractivity (Wildman–Crippen MR) is 71.1 cm³/mol. The first-order valence-electron chi connectivity index (χ1n) is 6.81. The summed E-state index contributed by atoms with van der Waals surface area (Å²) < 4.78 is 0. The normalized spacial score (nSPS) is 21.2. The zero-order valence-corrected chi connectivity index (χ0v) is 10.6. The van der Waals surface area contributed by atoms with Crippen LogP contribution in [0.3, 0.4) is 0 Å². The van der Waals surface area contributed by atoms with Crippen LogP contribution < -0.4 is 11.1 Å². The molecule has 1 amide bonds. The number of hydrogen-bond acceptors (Lipinski definition) is 2. The van der Waals surface area contributed by atoms with Crippen molar-refractivity contribution in [1.82, 2.24) is 5.32 Å². The Balaban J connectivity index is 1.66. The summed E-state index contributed by atoms with van der Waals surface area (Å²) in [7, 11) is 0. The zero-order chi connectivity index (χ0) is 12.6. The van der Waals surface area contributed by atoms with E-state index in [-0.39, 0.29) is 17.4 Å². The van der Waals surface area contributed by atoms with Crippen molar-refractivity contribution in [2.75, 3.05) is 6.54 Å². The summed E-state index contributed by atoms with van der Waals surface area (Å²) in [6.07, 6.45) is 5.01. The Morgan fingerprint density at radius 2 is 1.89 bits per heavy atom. The van der Waals surface area contributed by atoms with Gasteiger partial charge in [0.25, 0.3) is 0 Å². The van der Waals surface area contributed by atoms with Gasteiger partial charge in [0.15, 0.2) is 0 Å². The standard InChI is InChI=1S/C15H20N2O/c16-10-15(6-3-7-15)17-14(18)13-8-11-4-1-2-5-12(11)9-13/h1-2,4-5,13H,3,6-10,16H2,(H,17,18). The number of carbonyl (C=O) groups excluding carboxylic acids is 1. The lowest BCUT2D eigenvalue weighted by molar-refractivity contribution is -0.127. The van der Waals surface area contributed by atoms with Gasteiger partial charge in [0, 0.05) is 12.5 Å². The van der Waals surface area contributed by atoms with Crippen LogP contribution in [0.4, 0.5) is 0 Å². The molecule has 0 aliphatic heterocycles. The van der Waals surface area contributed by atoms with Crippen LogP contribution in [0.5, 0.6) is 0 Å². The number of benzene rings is 1. The SMILES string of the molecule is NCC1(NC(=O)C2Cc3ccccc3C2)CCC1. The summed E-state index contributed by atoms with van der Waals surface area (Å²) in [6.45, 7) is 0.568. The lowest BCUT2D eigenvalue weighted by Crippen LogP contribution is -2.59. The van der Waals surface area contributed by atoms with Crippen LogP contribution in [0, 0.1) is 5.92 Å². The molecule has 3 heteroatoms. The summed E-state index contributed by atoms with van der Waals surface area (Å²) in [4.78, 5) is 12.3. The van der Waals surface area contributed by atoms with Crippen molar-refractivity contribution >= 4 is 5.91 Å². The van der Waals surface area contributed by atoms with E-state index in [1.807, 2.05) is 12.1 Å². The fourth-order valence-electron chi connectivity index (χ4n) is 3.09. The smallest absolute Gasteiger partial charge is 0.224 e. The van der Waals surface area contributed by atoms with Crippen LogP contribution in [0.1, 0.15) is 30.4 Å². The number of fused-ring (bicyclic) bond motifs is 1. The number of nitrogens with two attached hydrogens (primary N) is 1. The van der Waals surface area contributed by atoms with Crippen molar-refractivity contribution in [1.29, 1.82) is 0 Å². The predicted octanol–water partition coefficient (Wildman–Crippen LogP) is 1.40. The second kappa shape index (κ2) is 4.39. The van der Waals surface area contributed by atoms with Gasteiger partial charge in [-0.1, -0.05) is 24.3 Å². The molecular formula is C15H20N2O. The third-order valence-electron chi connectivity index (χ3n) is 4.51. The quantitative estimate of drug-likeness (QED) is 0.844. The Morgan fingerprint density at radius 3 is 2.33 bits per heavy atom. The Hall–Kier alpha value is -1.35. The van der Waals surface area contributed by atoms with E-state index in [1.165, 1.54) is 17.5 Å². The molecule has 1 saturated carbocycles. The number of amides is 1. The zero-order valence-electron chi connectivity index (χ0n) is 10.6. The number of carbonyl (C=O) groups is 1. The minimum absolute atomic E-state index is 0.0914. The van der Waals surface area contributed by atoms with Gasteiger partial charge in [-0.25, -0.2) is 0 Å². The third kappa shape index (κ3) is 1.93. The second-order valence-corrected chi connectivity index (χ2v) is 5.70. The van der Waals surface area contributed by atoms with Gasteiger partial charge in [-0.15, -0.1) is 0 Å². The molecule has 1 aromatic rings. The number of hydrogen-bond donors (Lipinski definition) is 2. The first-order chi connectivity index (χ1) is 8.72. The highest BCUT2D eigenvalue weighted by Gasteiger charge is 2.39. The fraction of sp³-hybridized carbons (Fsp3) is 0.533. The molecule has 3 N–H and O–H groups in total. The maximum atomic E-state index is 12.3. The van der Waals surface area contributed by atoms with Crippen molar-refractivity contribution in [2.45, 2.75) is 37.6 Å². The van der Waals surface area contributed by atoms with Crippen molar-refractivity contribution < 1.29 is 4.79 Å². The Morgan fingerprint density at radius 1 is 1.28 bits per heavy atom. The van der Waals surface area contributed by atoms with Crippen LogP contribution in [0.15, 0.2) is 24.3 Å². The van der Waals surface area contributed by atoms with Crippen LogP contribution >= 0.6 is 0 Å². The van der Waals surface area contributed by atoms with E-state index in [0.717, 1.165) is 25.7 Å². The minimum atomic E-state index is -0.0914. The van der Waals surface area contributed by atoms with Gasteiger partial charge in [0.05, 0.1) is 5.54 Å². The van der Waals surface area contributed by atoms with Gasteiger partial charge in [-0.05, 0) is 43.2 Å². The van der Waals surface area contributed by atoms with Gasteiger partial charge in [0.2, 0.25) is 5.91 Å². The maximum Gasteiger partial charge on any atom is 0.224 e. The molecule has 0 unspecified atom stereocenters. The molecule has 0 radical (unpaired) electrons. The molecule has 2 aliphatic rings. The molecule has 3 rings (SSSR count). The molecule has 2 aliphatic carbocycles. The summed E-state index contributed by atoms with van der Waals surface area (Å²) in [5.41, 5.74) is 8.35. The lowest BCUT2D eigenvalue weighted by atomic mass is 9.76. The van der Waals surface area contributed by atoms with Crippen molar-refractivity contribution in [2.24, 2.45) is 11.7 Å². The van der Waals surface area contributed by atoms with Crippen LogP contribution in [0.25, 0.3) is 0 Å². The Labute approximate surface area is 108 Å². The van der Waals surface area contributed by atoms with Gasteiger partial charge in [-0.2, -0.15) is 0 Å². The second-order valence-electron chi connectivity index (χ2n) is 5.70. The van der Waals surface area contributed by atoms with Gasteiger partial charge >= 0.3 is 0 Å². The van der Waals surface area contributed by atoms with Gasteiger partial charge in [0.1, 0.15) is 0 Å². The Bertz CT molecular complexity index is 435. The van der Waals surface area contributed by atoms with Crippen LogP contribution in [0.2, 0.25) is 0 Å². The van der Waals surface area contributed by atoms with Crippen molar-refractivity contribution in [3.8, 4) is 0 Å². The average Bonchev–Trinajstić information content (AvgIpc) is 2.77. The van der Waals surface area contributed by atoms with Gasteiger partial charge in [-0.3, -0.25) is 4.79 Å². The molecule has 96 valence electrons. The van der Waals surface area contributed by atoms with E-state index in [0.29, 0.717) is 6.54 Å².